The molecule has 0 saturated carbocycles. The van der Waals surface area contributed by atoms with E-state index in [1.807, 2.05) is 22.6 Å². The lowest BCUT2D eigenvalue weighted by Gasteiger charge is -2.29. The number of imidazole rings is 1. The van der Waals surface area contributed by atoms with E-state index >= 15 is 0 Å². The molecule has 0 N–H and O–H groups in total. The Hall–Kier alpha value is -1.79. The van der Waals surface area contributed by atoms with Gasteiger partial charge in [0.25, 0.3) is 0 Å². The lowest BCUT2D eigenvalue weighted by Crippen LogP contribution is -2.44. The predicted octanol–water partition coefficient (Wildman–Crippen LogP) is 3.34. The van der Waals surface area contributed by atoms with Crippen LogP contribution in [0.15, 0.2) is 41.8 Å². The molecule has 134 valence electrons. The Morgan fingerprint density at radius 2 is 1.84 bits per heavy atom. The fourth-order valence-corrected chi connectivity index (χ4v) is 3.81. The largest absolute Gasteiger partial charge is 0.378 e. The number of aromatic nitrogens is 2. The van der Waals surface area contributed by atoms with Crippen molar-refractivity contribution in [3.05, 3.63) is 42.2 Å². The van der Waals surface area contributed by atoms with Crippen molar-refractivity contribution in [2.45, 2.75) is 37.1 Å². The molecule has 0 unspecified atom stereocenters. The van der Waals surface area contributed by atoms with Crippen LogP contribution < -0.4 is 0 Å². The van der Waals surface area contributed by atoms with Crippen molar-refractivity contribution in [3.8, 4) is 5.69 Å². The van der Waals surface area contributed by atoms with Crippen LogP contribution in [0.2, 0.25) is 0 Å². The van der Waals surface area contributed by atoms with E-state index in [9.17, 15) is 4.79 Å². The monoisotopic (exact) mass is 359 g/mol. The molecule has 2 heterocycles. The van der Waals surface area contributed by atoms with Crippen LogP contribution in [-0.2, 0) is 9.53 Å². The number of rotatable bonds is 5. The summed E-state index contributed by atoms with van der Waals surface area (Å²) in [6, 6.07) is 8.51. The maximum atomic E-state index is 12.6. The number of carbonyl (C=O) groups excluding carboxylic acids is 1. The molecule has 0 aliphatic carbocycles. The Labute approximate surface area is 153 Å². The number of ether oxygens (including phenoxy) is 1. The molecule has 1 saturated heterocycles. The van der Waals surface area contributed by atoms with Gasteiger partial charge in [0.1, 0.15) is 0 Å². The molecule has 1 aliphatic heterocycles. The van der Waals surface area contributed by atoms with E-state index in [4.69, 9.17) is 4.74 Å². The van der Waals surface area contributed by atoms with Gasteiger partial charge in [-0.25, -0.2) is 4.98 Å². The van der Waals surface area contributed by atoms with Gasteiger partial charge in [0.2, 0.25) is 5.91 Å². The Kier molecular flexibility index (Phi) is 5.81. The molecular formula is C19H25N3O2S. The van der Waals surface area contributed by atoms with Gasteiger partial charge in [-0.05, 0) is 30.5 Å². The number of carbonyl (C=O) groups is 1. The molecule has 5 nitrogen and oxygen atoms in total. The van der Waals surface area contributed by atoms with Crippen molar-refractivity contribution in [2.24, 2.45) is 0 Å². The lowest BCUT2D eigenvalue weighted by molar-refractivity contribution is -0.134. The number of hydrogen-bond acceptors (Lipinski definition) is 4. The van der Waals surface area contributed by atoms with Crippen LogP contribution in [0.4, 0.5) is 0 Å². The minimum absolute atomic E-state index is 0.151. The van der Waals surface area contributed by atoms with Crippen LogP contribution in [0, 0.1) is 0 Å². The Balaban J connectivity index is 1.71. The highest BCUT2D eigenvalue weighted by Crippen LogP contribution is 2.26. The third-order valence-electron chi connectivity index (χ3n) is 4.40. The van der Waals surface area contributed by atoms with Crippen LogP contribution in [0.25, 0.3) is 5.69 Å². The molecule has 0 bridgehead atoms. The first-order chi connectivity index (χ1) is 12.1. The van der Waals surface area contributed by atoms with E-state index in [1.54, 1.807) is 6.20 Å². The van der Waals surface area contributed by atoms with E-state index in [-0.39, 0.29) is 11.2 Å². The third-order valence-corrected chi connectivity index (χ3v) is 5.47. The van der Waals surface area contributed by atoms with Gasteiger partial charge in [0.05, 0.1) is 18.5 Å². The SMILES string of the molecule is CC(C)c1ccc(-n2ccnc2S[C@@H](C)C(=O)N2CCOCC2)cc1. The maximum absolute atomic E-state index is 12.6. The van der Waals surface area contributed by atoms with Gasteiger partial charge < -0.3 is 9.64 Å². The molecule has 1 aliphatic rings. The highest BCUT2D eigenvalue weighted by molar-refractivity contribution is 8.00. The topological polar surface area (TPSA) is 47.4 Å². The third kappa shape index (κ3) is 4.25. The van der Waals surface area contributed by atoms with Gasteiger partial charge in [-0.15, -0.1) is 0 Å². The lowest BCUT2D eigenvalue weighted by atomic mass is 10.0. The van der Waals surface area contributed by atoms with E-state index in [2.05, 4.69) is 43.1 Å². The first kappa shape index (κ1) is 18.0. The molecule has 1 atom stereocenters. The average molecular weight is 359 g/mol. The zero-order chi connectivity index (χ0) is 17.8. The summed E-state index contributed by atoms with van der Waals surface area (Å²) < 4.78 is 7.36. The molecule has 2 aromatic rings. The highest BCUT2D eigenvalue weighted by atomic mass is 32.2. The molecule has 1 aromatic heterocycles. The second-order valence-electron chi connectivity index (χ2n) is 6.52. The van der Waals surface area contributed by atoms with Crippen molar-refractivity contribution in [3.63, 3.8) is 0 Å². The number of thioether (sulfide) groups is 1. The van der Waals surface area contributed by atoms with Crippen LogP contribution >= 0.6 is 11.8 Å². The fourth-order valence-electron chi connectivity index (χ4n) is 2.84. The standard InChI is InChI=1S/C19H25N3O2S/c1-14(2)16-4-6-17(7-5-16)22-9-8-20-19(22)25-15(3)18(23)21-10-12-24-13-11-21/h4-9,14-15H,10-13H2,1-3H3/t15-/m0/s1. The summed E-state index contributed by atoms with van der Waals surface area (Å²) in [6.45, 7) is 8.92. The Morgan fingerprint density at radius 3 is 2.48 bits per heavy atom. The van der Waals surface area contributed by atoms with E-state index in [0.717, 1.165) is 10.8 Å². The Morgan fingerprint density at radius 1 is 1.16 bits per heavy atom. The summed E-state index contributed by atoms with van der Waals surface area (Å²) in [5.41, 5.74) is 2.38. The quantitative estimate of drug-likeness (QED) is 0.768. The normalized spacial score (nSPS) is 16.2. The summed E-state index contributed by atoms with van der Waals surface area (Å²) in [5, 5.41) is 0.667. The molecule has 1 aromatic carbocycles. The van der Waals surface area contributed by atoms with Gasteiger partial charge >= 0.3 is 0 Å². The van der Waals surface area contributed by atoms with Crippen molar-refractivity contribution in [1.82, 2.24) is 14.5 Å². The maximum Gasteiger partial charge on any atom is 0.236 e. The van der Waals surface area contributed by atoms with Crippen LogP contribution in [0.1, 0.15) is 32.3 Å². The number of benzene rings is 1. The van der Waals surface area contributed by atoms with Crippen molar-refractivity contribution >= 4 is 17.7 Å². The summed E-state index contributed by atoms with van der Waals surface area (Å²) in [4.78, 5) is 18.9. The first-order valence-corrected chi connectivity index (χ1v) is 9.61. The van der Waals surface area contributed by atoms with Crippen molar-refractivity contribution < 1.29 is 9.53 Å². The van der Waals surface area contributed by atoms with Crippen molar-refractivity contribution in [1.29, 1.82) is 0 Å². The summed E-state index contributed by atoms with van der Waals surface area (Å²) in [6.07, 6.45) is 3.73. The van der Waals surface area contributed by atoms with Crippen molar-refractivity contribution in [2.75, 3.05) is 26.3 Å². The Bertz CT molecular complexity index is 706. The van der Waals surface area contributed by atoms with Crippen LogP contribution in [-0.4, -0.2) is 51.9 Å². The van der Waals surface area contributed by atoms with Gasteiger partial charge in [0, 0.05) is 31.2 Å². The minimum Gasteiger partial charge on any atom is -0.378 e. The molecule has 1 fully saturated rings. The van der Waals surface area contributed by atoms with Gasteiger partial charge in [-0.1, -0.05) is 37.7 Å². The summed E-state index contributed by atoms with van der Waals surface area (Å²) >= 11 is 1.50. The minimum atomic E-state index is -0.172. The predicted molar refractivity (Wildman–Crippen MR) is 100 cm³/mol. The molecule has 25 heavy (non-hydrogen) atoms. The molecule has 3 rings (SSSR count). The molecule has 6 heteroatoms. The highest BCUT2D eigenvalue weighted by Gasteiger charge is 2.24. The molecular weight excluding hydrogens is 334 g/mol. The smallest absolute Gasteiger partial charge is 0.236 e. The number of nitrogens with zero attached hydrogens (tertiary/aromatic N) is 3. The average Bonchev–Trinajstić information content (AvgIpc) is 3.10. The fraction of sp³-hybridized carbons (Fsp3) is 0.474. The van der Waals surface area contributed by atoms with Gasteiger partial charge in [-0.3, -0.25) is 9.36 Å². The van der Waals surface area contributed by atoms with Gasteiger partial charge in [0.15, 0.2) is 5.16 Å². The number of hydrogen-bond donors (Lipinski definition) is 0. The van der Waals surface area contributed by atoms with Crippen LogP contribution in [0.5, 0.6) is 0 Å². The summed E-state index contributed by atoms with van der Waals surface area (Å²) in [7, 11) is 0. The molecule has 0 spiro atoms. The number of amides is 1. The van der Waals surface area contributed by atoms with Crippen LogP contribution in [0.3, 0.4) is 0 Å². The summed E-state index contributed by atoms with van der Waals surface area (Å²) in [5.74, 6) is 0.662. The number of morpholine rings is 1. The van der Waals surface area contributed by atoms with E-state index < -0.39 is 0 Å². The molecule has 0 radical (unpaired) electrons. The second kappa shape index (κ2) is 8.06. The van der Waals surface area contributed by atoms with Gasteiger partial charge in [-0.2, -0.15) is 0 Å². The molecule has 1 amide bonds. The zero-order valence-electron chi connectivity index (χ0n) is 15.0. The van der Waals surface area contributed by atoms with E-state index in [1.165, 1.54) is 17.3 Å². The first-order valence-electron chi connectivity index (χ1n) is 8.73. The zero-order valence-corrected chi connectivity index (χ0v) is 15.8. The second-order valence-corrected chi connectivity index (χ2v) is 7.83. The van der Waals surface area contributed by atoms with E-state index in [0.29, 0.717) is 32.2 Å².